The number of nitrogens with one attached hydrogen (secondary N) is 3. The molecule has 26 heavy (non-hydrogen) atoms. The molecule has 0 aliphatic rings. The molecule has 0 atom stereocenters. The molecule has 0 saturated heterocycles. The average molecular weight is 349 g/mol. The Hall–Kier alpha value is -2.59. The summed E-state index contributed by atoms with van der Waals surface area (Å²) in [6.07, 6.45) is 5.54. The van der Waals surface area contributed by atoms with Crippen molar-refractivity contribution in [2.75, 3.05) is 19.6 Å². The number of rotatable bonds is 10. The third-order valence-corrected chi connectivity index (χ3v) is 4.58. The number of benzene rings is 2. The Morgan fingerprint density at radius 2 is 1.69 bits per heavy atom. The summed E-state index contributed by atoms with van der Waals surface area (Å²) in [6, 6.07) is 18.7. The van der Waals surface area contributed by atoms with Crippen molar-refractivity contribution < 1.29 is 4.79 Å². The van der Waals surface area contributed by atoms with Crippen molar-refractivity contribution in [3.8, 4) is 0 Å². The number of hydrogen-bond donors (Lipinski definition) is 3. The van der Waals surface area contributed by atoms with E-state index in [9.17, 15) is 4.79 Å². The summed E-state index contributed by atoms with van der Waals surface area (Å²) >= 11 is 0. The Morgan fingerprint density at radius 3 is 2.58 bits per heavy atom. The third-order valence-electron chi connectivity index (χ3n) is 4.58. The number of para-hydroxylation sites is 1. The second kappa shape index (κ2) is 9.78. The molecule has 0 aliphatic carbocycles. The van der Waals surface area contributed by atoms with Crippen LogP contribution in [0.3, 0.4) is 0 Å². The number of hydrogen-bond acceptors (Lipinski definition) is 2. The molecule has 3 N–H and O–H groups in total. The van der Waals surface area contributed by atoms with Gasteiger partial charge in [0.25, 0.3) is 0 Å². The zero-order valence-electron chi connectivity index (χ0n) is 15.1. The Bertz CT molecular complexity index is 810. The molecule has 0 fully saturated rings. The summed E-state index contributed by atoms with van der Waals surface area (Å²) in [4.78, 5) is 15.2. The molecule has 3 aromatic rings. The minimum Gasteiger partial charge on any atom is -0.361 e. The lowest BCUT2D eigenvalue weighted by molar-refractivity contribution is -0.120. The Balaban J connectivity index is 1.25. The zero-order chi connectivity index (χ0) is 18.0. The fourth-order valence-electron chi connectivity index (χ4n) is 3.14. The van der Waals surface area contributed by atoms with E-state index in [-0.39, 0.29) is 5.91 Å². The highest BCUT2D eigenvalue weighted by Crippen LogP contribution is 2.17. The van der Waals surface area contributed by atoms with Crippen LogP contribution in [0.5, 0.6) is 0 Å². The van der Waals surface area contributed by atoms with E-state index in [1.807, 2.05) is 12.1 Å². The first-order valence-corrected chi connectivity index (χ1v) is 9.39. The van der Waals surface area contributed by atoms with Gasteiger partial charge in [0.15, 0.2) is 0 Å². The van der Waals surface area contributed by atoms with Crippen molar-refractivity contribution in [2.45, 2.75) is 25.7 Å². The fourth-order valence-corrected chi connectivity index (χ4v) is 3.14. The highest BCUT2D eigenvalue weighted by molar-refractivity contribution is 5.83. The van der Waals surface area contributed by atoms with Crippen LogP contribution >= 0.6 is 0 Å². The van der Waals surface area contributed by atoms with Crippen molar-refractivity contribution >= 4 is 16.8 Å². The lowest BCUT2D eigenvalue weighted by atomic mass is 10.1. The quantitative estimate of drug-likeness (QED) is 0.491. The summed E-state index contributed by atoms with van der Waals surface area (Å²) in [5.41, 5.74) is 3.82. The lowest BCUT2D eigenvalue weighted by Gasteiger charge is -2.07. The molecule has 0 spiro atoms. The molecule has 1 heterocycles. The summed E-state index contributed by atoms with van der Waals surface area (Å²) in [5.74, 6) is 0.123. The van der Waals surface area contributed by atoms with Gasteiger partial charge in [-0.1, -0.05) is 48.5 Å². The van der Waals surface area contributed by atoms with Crippen molar-refractivity contribution in [1.29, 1.82) is 0 Å². The smallest absolute Gasteiger partial charge is 0.221 e. The maximum absolute atomic E-state index is 11.9. The van der Waals surface area contributed by atoms with Gasteiger partial charge in [-0.15, -0.1) is 0 Å². The van der Waals surface area contributed by atoms with E-state index in [4.69, 9.17) is 0 Å². The number of aromatic nitrogens is 1. The molecule has 0 unspecified atom stereocenters. The highest BCUT2D eigenvalue weighted by Gasteiger charge is 2.03. The normalized spacial score (nSPS) is 10.9. The van der Waals surface area contributed by atoms with Crippen LogP contribution in [-0.2, 0) is 17.6 Å². The van der Waals surface area contributed by atoms with Gasteiger partial charge in [-0.05, 0) is 43.0 Å². The van der Waals surface area contributed by atoms with E-state index in [0.29, 0.717) is 13.0 Å². The van der Waals surface area contributed by atoms with Crippen LogP contribution in [0, 0.1) is 0 Å². The highest BCUT2D eigenvalue weighted by atomic mass is 16.1. The van der Waals surface area contributed by atoms with Crippen LogP contribution < -0.4 is 10.6 Å². The number of fused-ring (bicyclic) bond motifs is 1. The first kappa shape index (κ1) is 18.2. The summed E-state index contributed by atoms with van der Waals surface area (Å²) in [6.45, 7) is 2.33. The molecule has 136 valence electrons. The van der Waals surface area contributed by atoms with E-state index in [1.165, 1.54) is 22.0 Å². The summed E-state index contributed by atoms with van der Waals surface area (Å²) in [7, 11) is 0. The summed E-state index contributed by atoms with van der Waals surface area (Å²) < 4.78 is 0. The second-order valence-corrected chi connectivity index (χ2v) is 6.55. The molecule has 0 aliphatic heterocycles. The van der Waals surface area contributed by atoms with Gasteiger partial charge < -0.3 is 15.6 Å². The van der Waals surface area contributed by atoms with Crippen molar-refractivity contribution in [3.05, 3.63) is 71.9 Å². The van der Waals surface area contributed by atoms with E-state index >= 15 is 0 Å². The molecule has 1 amide bonds. The van der Waals surface area contributed by atoms with E-state index < -0.39 is 0 Å². The van der Waals surface area contributed by atoms with Crippen LogP contribution in [0.15, 0.2) is 60.8 Å². The van der Waals surface area contributed by atoms with Crippen molar-refractivity contribution in [1.82, 2.24) is 15.6 Å². The molecule has 0 bridgehead atoms. The van der Waals surface area contributed by atoms with Crippen LogP contribution in [0.25, 0.3) is 10.9 Å². The number of aromatic amines is 1. The lowest BCUT2D eigenvalue weighted by Crippen LogP contribution is -2.29. The SMILES string of the molecule is O=C(CCNCCc1c[nH]c2ccccc12)NCCCc1ccccc1. The van der Waals surface area contributed by atoms with Gasteiger partial charge >= 0.3 is 0 Å². The van der Waals surface area contributed by atoms with E-state index in [2.05, 4.69) is 64.3 Å². The molecule has 3 rings (SSSR count). The monoisotopic (exact) mass is 349 g/mol. The van der Waals surface area contributed by atoms with Crippen LogP contribution in [0.4, 0.5) is 0 Å². The second-order valence-electron chi connectivity index (χ2n) is 6.55. The molecule has 0 saturated carbocycles. The predicted molar refractivity (Wildman–Crippen MR) is 107 cm³/mol. The molecular weight excluding hydrogens is 322 g/mol. The Labute approximate surface area is 155 Å². The molecule has 4 heteroatoms. The van der Waals surface area contributed by atoms with E-state index in [0.717, 1.165) is 32.4 Å². The number of H-pyrrole nitrogens is 1. The number of amides is 1. The van der Waals surface area contributed by atoms with Crippen LogP contribution in [-0.4, -0.2) is 30.5 Å². The molecular formula is C22H27N3O. The molecule has 4 nitrogen and oxygen atoms in total. The maximum atomic E-state index is 11.9. The third kappa shape index (κ3) is 5.46. The van der Waals surface area contributed by atoms with Crippen LogP contribution in [0.1, 0.15) is 24.0 Å². The number of aryl methyl sites for hydroxylation is 1. The van der Waals surface area contributed by atoms with Gasteiger partial charge in [-0.3, -0.25) is 4.79 Å². The first-order valence-electron chi connectivity index (χ1n) is 9.39. The van der Waals surface area contributed by atoms with Gasteiger partial charge in [0, 0.05) is 36.6 Å². The maximum Gasteiger partial charge on any atom is 0.221 e. The number of carbonyl (C=O) groups excluding carboxylic acids is 1. The Morgan fingerprint density at radius 1 is 0.885 bits per heavy atom. The van der Waals surface area contributed by atoms with Gasteiger partial charge in [0.2, 0.25) is 5.91 Å². The standard InChI is InChI=1S/C22H27N3O/c26-22(24-14-6-9-18-7-2-1-3-8-18)13-16-23-15-12-19-17-25-21-11-5-4-10-20(19)21/h1-5,7-8,10-11,17,23,25H,6,9,12-16H2,(H,24,26). The van der Waals surface area contributed by atoms with Crippen molar-refractivity contribution in [2.24, 2.45) is 0 Å². The van der Waals surface area contributed by atoms with Crippen molar-refractivity contribution in [3.63, 3.8) is 0 Å². The van der Waals surface area contributed by atoms with Crippen LogP contribution in [0.2, 0.25) is 0 Å². The van der Waals surface area contributed by atoms with E-state index in [1.54, 1.807) is 0 Å². The number of carbonyl (C=O) groups is 1. The molecule has 0 radical (unpaired) electrons. The van der Waals surface area contributed by atoms with Gasteiger partial charge in [0.1, 0.15) is 0 Å². The van der Waals surface area contributed by atoms with Gasteiger partial charge in [0.05, 0.1) is 0 Å². The fraction of sp³-hybridized carbons (Fsp3) is 0.318. The summed E-state index contributed by atoms with van der Waals surface area (Å²) in [5, 5.41) is 7.64. The van der Waals surface area contributed by atoms with Gasteiger partial charge in [-0.25, -0.2) is 0 Å². The predicted octanol–water partition coefficient (Wildman–Crippen LogP) is 3.44. The topological polar surface area (TPSA) is 56.9 Å². The van der Waals surface area contributed by atoms with Gasteiger partial charge in [-0.2, -0.15) is 0 Å². The molecule has 2 aromatic carbocycles. The first-order chi connectivity index (χ1) is 12.8. The largest absolute Gasteiger partial charge is 0.361 e. The minimum absolute atomic E-state index is 0.123. The molecule has 1 aromatic heterocycles. The zero-order valence-corrected chi connectivity index (χ0v) is 15.1. The Kier molecular flexibility index (Phi) is 6.85. The average Bonchev–Trinajstić information content (AvgIpc) is 3.09. The minimum atomic E-state index is 0.123.